The molecule has 1 aliphatic rings. The average Bonchev–Trinajstić information content (AvgIpc) is 2.53. The van der Waals surface area contributed by atoms with Gasteiger partial charge in [-0.2, -0.15) is 19.9 Å². The molecule has 0 radical (unpaired) electrons. The summed E-state index contributed by atoms with van der Waals surface area (Å²) in [6.45, 7) is 0.885. The van der Waals surface area contributed by atoms with Gasteiger partial charge >= 0.3 is 0 Å². The number of aliphatic imine (C=N–C) groups is 1. The minimum absolute atomic E-state index is 0.0729. The van der Waals surface area contributed by atoms with Crippen LogP contribution in [0.3, 0.4) is 0 Å². The maximum Gasteiger partial charge on any atom is 0.253 e. The van der Waals surface area contributed by atoms with Crippen molar-refractivity contribution >= 4 is 51.9 Å². The molecule has 0 saturated carbocycles. The fraction of sp³-hybridized carbons (Fsp3) is 0.133. The van der Waals surface area contributed by atoms with E-state index in [-0.39, 0.29) is 11.8 Å². The molecule has 0 spiro atoms. The lowest BCUT2D eigenvalue weighted by molar-refractivity contribution is 0.864. The van der Waals surface area contributed by atoms with Crippen LogP contribution in [0.2, 0.25) is 5.02 Å². The lowest BCUT2D eigenvalue weighted by atomic mass is 10.1. The number of nitrogens with two attached hydrogens (primary N) is 2. The summed E-state index contributed by atoms with van der Waals surface area (Å²) >= 11 is 5.92. The number of hydrogen-bond donors (Lipinski definition) is 2. The SMILES string of the molecule is Nc1nc(N)c2cnc(/N=C3\CCN3c3ccc(Cl)cc3)nc2n1. The van der Waals surface area contributed by atoms with Crippen molar-refractivity contribution in [2.75, 3.05) is 22.9 Å². The summed E-state index contributed by atoms with van der Waals surface area (Å²) in [6.07, 6.45) is 2.40. The van der Waals surface area contributed by atoms with Crippen molar-refractivity contribution in [1.29, 1.82) is 0 Å². The van der Waals surface area contributed by atoms with Crippen LogP contribution >= 0.6 is 11.6 Å². The average molecular weight is 341 g/mol. The van der Waals surface area contributed by atoms with Gasteiger partial charge in [-0.1, -0.05) is 11.6 Å². The maximum absolute atomic E-state index is 5.92. The number of aromatic nitrogens is 4. The van der Waals surface area contributed by atoms with E-state index >= 15 is 0 Å². The van der Waals surface area contributed by atoms with Crippen molar-refractivity contribution in [2.24, 2.45) is 4.99 Å². The Morgan fingerprint density at radius 2 is 1.88 bits per heavy atom. The number of hydrogen-bond acceptors (Lipinski definition) is 7. The lowest BCUT2D eigenvalue weighted by Gasteiger charge is -2.34. The maximum atomic E-state index is 5.92. The zero-order valence-corrected chi connectivity index (χ0v) is 13.3. The number of amidine groups is 1. The van der Waals surface area contributed by atoms with Gasteiger partial charge in [0.15, 0.2) is 5.65 Å². The predicted octanol–water partition coefficient (Wildman–Crippen LogP) is 2.18. The normalized spacial score (nSPS) is 15.7. The second-order valence-electron chi connectivity index (χ2n) is 5.28. The number of halogens is 1. The summed E-state index contributed by atoms with van der Waals surface area (Å²) in [7, 11) is 0. The summed E-state index contributed by atoms with van der Waals surface area (Å²) in [5.74, 6) is 1.52. The zero-order valence-electron chi connectivity index (χ0n) is 12.5. The molecule has 1 fully saturated rings. The van der Waals surface area contributed by atoms with Crippen molar-refractivity contribution in [3.8, 4) is 0 Å². The molecule has 8 nitrogen and oxygen atoms in total. The third-order valence-electron chi connectivity index (χ3n) is 3.73. The van der Waals surface area contributed by atoms with E-state index in [9.17, 15) is 0 Å². The van der Waals surface area contributed by atoms with Crippen LogP contribution < -0.4 is 16.4 Å². The highest BCUT2D eigenvalue weighted by Gasteiger charge is 2.24. The molecule has 24 heavy (non-hydrogen) atoms. The van der Waals surface area contributed by atoms with Gasteiger partial charge in [0.2, 0.25) is 5.95 Å². The molecule has 3 heterocycles. The van der Waals surface area contributed by atoms with E-state index in [1.807, 2.05) is 24.3 Å². The highest BCUT2D eigenvalue weighted by molar-refractivity contribution is 6.30. The minimum Gasteiger partial charge on any atom is -0.383 e. The summed E-state index contributed by atoms with van der Waals surface area (Å²) in [5, 5.41) is 1.25. The highest BCUT2D eigenvalue weighted by Crippen LogP contribution is 2.26. The van der Waals surface area contributed by atoms with E-state index in [1.165, 1.54) is 0 Å². The van der Waals surface area contributed by atoms with Crippen molar-refractivity contribution < 1.29 is 0 Å². The van der Waals surface area contributed by atoms with Gasteiger partial charge in [-0.05, 0) is 24.3 Å². The van der Waals surface area contributed by atoms with Gasteiger partial charge in [-0.3, -0.25) is 0 Å². The van der Waals surface area contributed by atoms with Crippen LogP contribution in [-0.2, 0) is 0 Å². The summed E-state index contributed by atoms with van der Waals surface area (Å²) in [5.41, 5.74) is 12.8. The summed E-state index contributed by atoms with van der Waals surface area (Å²) in [4.78, 5) is 23.1. The quantitative estimate of drug-likeness (QED) is 0.733. The number of anilines is 3. The van der Waals surface area contributed by atoms with Crippen molar-refractivity contribution in [2.45, 2.75) is 6.42 Å². The third-order valence-corrected chi connectivity index (χ3v) is 3.98. The molecule has 1 aromatic carbocycles. The molecule has 2 aromatic heterocycles. The van der Waals surface area contributed by atoms with Gasteiger partial charge in [0.1, 0.15) is 11.7 Å². The first-order valence-corrected chi connectivity index (χ1v) is 7.64. The van der Waals surface area contributed by atoms with E-state index in [2.05, 4.69) is 29.8 Å². The Balaban J connectivity index is 1.67. The standard InChI is InChI=1S/C15H13ClN8/c16-8-1-3-9(4-2-8)24-6-5-11(24)20-15-19-7-10-12(17)21-14(18)22-13(10)23-15/h1-4,7H,5-6H2,(H4,17,18,19,21,22,23)/b20-11+. The highest BCUT2D eigenvalue weighted by atomic mass is 35.5. The number of nitrogens with zero attached hydrogens (tertiary/aromatic N) is 6. The van der Waals surface area contributed by atoms with E-state index in [1.54, 1.807) is 6.20 Å². The van der Waals surface area contributed by atoms with Crippen LogP contribution in [-0.4, -0.2) is 32.3 Å². The first-order valence-electron chi connectivity index (χ1n) is 7.26. The van der Waals surface area contributed by atoms with Crippen LogP contribution in [0.4, 0.5) is 23.4 Å². The number of nitrogen functional groups attached to an aromatic ring is 2. The van der Waals surface area contributed by atoms with Gasteiger partial charge in [0.25, 0.3) is 5.95 Å². The first kappa shape index (κ1) is 14.6. The van der Waals surface area contributed by atoms with E-state index < -0.39 is 0 Å². The Morgan fingerprint density at radius 1 is 1.08 bits per heavy atom. The number of rotatable bonds is 2. The summed E-state index contributed by atoms with van der Waals surface area (Å²) in [6, 6.07) is 7.60. The van der Waals surface area contributed by atoms with Gasteiger partial charge in [0.05, 0.1) is 5.39 Å². The topological polar surface area (TPSA) is 119 Å². The largest absolute Gasteiger partial charge is 0.383 e. The van der Waals surface area contributed by atoms with Gasteiger partial charge in [-0.15, -0.1) is 0 Å². The first-order chi connectivity index (χ1) is 11.6. The molecule has 3 aromatic rings. The molecule has 0 aliphatic carbocycles. The molecular weight excluding hydrogens is 328 g/mol. The molecule has 0 atom stereocenters. The molecule has 4 N–H and O–H groups in total. The Hall–Kier alpha value is -3.00. The molecule has 1 aliphatic heterocycles. The Morgan fingerprint density at radius 3 is 2.58 bits per heavy atom. The molecule has 1 saturated heterocycles. The second-order valence-corrected chi connectivity index (χ2v) is 5.72. The van der Waals surface area contributed by atoms with Crippen LogP contribution in [0.5, 0.6) is 0 Å². The van der Waals surface area contributed by atoms with Crippen LogP contribution in [0.15, 0.2) is 35.5 Å². The Labute approximate surface area is 142 Å². The molecule has 9 heteroatoms. The zero-order chi connectivity index (χ0) is 16.7. The van der Waals surface area contributed by atoms with Gasteiger partial charge < -0.3 is 16.4 Å². The monoisotopic (exact) mass is 340 g/mol. The summed E-state index contributed by atoms with van der Waals surface area (Å²) < 4.78 is 0. The van der Waals surface area contributed by atoms with Crippen molar-refractivity contribution in [3.63, 3.8) is 0 Å². The second kappa shape index (κ2) is 5.57. The van der Waals surface area contributed by atoms with Crippen LogP contribution in [0.1, 0.15) is 6.42 Å². The third kappa shape index (κ3) is 2.56. The van der Waals surface area contributed by atoms with E-state index in [0.717, 1.165) is 24.5 Å². The van der Waals surface area contributed by atoms with Gasteiger partial charge in [-0.25, -0.2) is 4.98 Å². The minimum atomic E-state index is 0.0729. The smallest absolute Gasteiger partial charge is 0.253 e. The molecule has 4 rings (SSSR count). The number of fused-ring (bicyclic) bond motifs is 1. The fourth-order valence-electron chi connectivity index (χ4n) is 2.46. The predicted molar refractivity (Wildman–Crippen MR) is 94.5 cm³/mol. The molecule has 0 amide bonds. The lowest BCUT2D eigenvalue weighted by Crippen LogP contribution is -2.43. The van der Waals surface area contributed by atoms with Crippen molar-refractivity contribution in [1.82, 2.24) is 19.9 Å². The number of benzene rings is 1. The Kier molecular flexibility index (Phi) is 3.39. The van der Waals surface area contributed by atoms with Crippen LogP contribution in [0.25, 0.3) is 11.0 Å². The molecular formula is C15H13ClN8. The Bertz CT molecular complexity index is 954. The molecule has 120 valence electrons. The van der Waals surface area contributed by atoms with Crippen LogP contribution in [0, 0.1) is 0 Å². The molecule has 0 unspecified atom stereocenters. The van der Waals surface area contributed by atoms with E-state index in [4.69, 9.17) is 23.1 Å². The van der Waals surface area contributed by atoms with Crippen molar-refractivity contribution in [3.05, 3.63) is 35.5 Å². The molecule has 0 bridgehead atoms. The fourth-order valence-corrected chi connectivity index (χ4v) is 2.58. The van der Waals surface area contributed by atoms with Gasteiger partial charge in [0, 0.05) is 29.9 Å². The van der Waals surface area contributed by atoms with E-state index in [0.29, 0.717) is 22.0 Å².